The Kier molecular flexibility index (Phi) is 21.0. The van der Waals surface area contributed by atoms with Gasteiger partial charge in [0, 0.05) is 102 Å². The van der Waals surface area contributed by atoms with Gasteiger partial charge in [-0.05, 0) is 96.4 Å². The zero-order valence-electron chi connectivity index (χ0n) is 46.9. The summed E-state index contributed by atoms with van der Waals surface area (Å²) in [6.45, 7) is 15.1. The number of anilines is 2. The molecule has 0 spiro atoms. The third-order valence-electron chi connectivity index (χ3n) is 15.9. The second kappa shape index (κ2) is 27.1. The Morgan fingerprint density at radius 1 is 0.727 bits per heavy atom. The number of aliphatic carboxylic acids is 2. The molecule has 1 fully saturated rings. The molecule has 0 aromatic heterocycles. The maximum absolute atomic E-state index is 13.8. The highest BCUT2D eigenvalue weighted by Crippen LogP contribution is 2.36. The normalized spacial score (nSPS) is 16.3. The Morgan fingerprint density at radius 3 is 1.96 bits per heavy atom. The number of carbonyl (C=O) groups is 7. The van der Waals surface area contributed by atoms with Crippen LogP contribution in [0.25, 0.3) is 0 Å². The Morgan fingerprint density at radius 2 is 1.34 bits per heavy atom. The molecule has 1 saturated heterocycles. The maximum atomic E-state index is 13.8. The first-order valence-electron chi connectivity index (χ1n) is 27.6. The Labute approximate surface area is 455 Å². The van der Waals surface area contributed by atoms with Crippen LogP contribution in [-0.4, -0.2) is 159 Å². The minimum absolute atomic E-state index is 0.0134. The summed E-state index contributed by atoms with van der Waals surface area (Å²) in [7, 11) is 8.22. The van der Waals surface area contributed by atoms with Gasteiger partial charge in [0.05, 0.1) is 68.4 Å². The molecule has 0 radical (unpaired) electrons. The van der Waals surface area contributed by atoms with Gasteiger partial charge in [-0.15, -0.1) is 0 Å². The van der Waals surface area contributed by atoms with E-state index in [0.29, 0.717) is 30.4 Å². The van der Waals surface area contributed by atoms with E-state index in [0.717, 1.165) is 78.6 Å². The quantitative estimate of drug-likeness (QED) is 0.0389. The zero-order valence-corrected chi connectivity index (χ0v) is 46.9. The lowest BCUT2D eigenvalue weighted by molar-refractivity contribution is -0.880. The van der Waals surface area contributed by atoms with E-state index >= 15 is 0 Å². The SMILES string of the molecule is CCC(C)[C@H](NC(=O)[C@H](CCC(=O)O)CC(=O)[C@@H](C)C(C)C)C(=O)C[C@@H](CC(=O)O)C(=O)NCCCC(=O)C[N+](C)(C)CCN(C)c1ccc(C2=Nc3ccc(C4=Nc5ccc(N6CCN(C)CC6)cc5C4)cc3C2)cc1. The molecule has 17 heteroatoms. The predicted molar refractivity (Wildman–Crippen MR) is 302 cm³/mol. The summed E-state index contributed by atoms with van der Waals surface area (Å²) < 4.78 is 0.450. The monoisotopic (exact) mass is 1060 g/mol. The molecule has 0 bridgehead atoms. The van der Waals surface area contributed by atoms with E-state index in [4.69, 9.17) is 9.98 Å². The van der Waals surface area contributed by atoms with E-state index in [1.54, 1.807) is 13.8 Å². The zero-order chi connectivity index (χ0) is 56.1. The first-order chi connectivity index (χ1) is 36.5. The van der Waals surface area contributed by atoms with E-state index in [1.165, 1.54) is 16.8 Å². The fourth-order valence-electron chi connectivity index (χ4n) is 10.2. The molecular weight excluding hydrogens is 977 g/mol. The highest BCUT2D eigenvalue weighted by atomic mass is 16.4. The van der Waals surface area contributed by atoms with E-state index in [1.807, 2.05) is 41.9 Å². The van der Waals surface area contributed by atoms with Crippen molar-refractivity contribution in [2.24, 2.45) is 39.6 Å². The molecule has 1 unspecified atom stereocenters. The number of fused-ring (bicyclic) bond motifs is 2. The van der Waals surface area contributed by atoms with Crippen LogP contribution in [-0.2, 0) is 46.4 Å². The molecule has 77 heavy (non-hydrogen) atoms. The van der Waals surface area contributed by atoms with Crippen LogP contribution in [0.5, 0.6) is 0 Å². The van der Waals surface area contributed by atoms with Gasteiger partial charge in [-0.1, -0.05) is 59.2 Å². The lowest BCUT2D eigenvalue weighted by Crippen LogP contribution is -2.49. The van der Waals surface area contributed by atoms with Crippen molar-refractivity contribution in [1.29, 1.82) is 0 Å². The van der Waals surface area contributed by atoms with Gasteiger partial charge in [-0.2, -0.15) is 0 Å². The van der Waals surface area contributed by atoms with Crippen molar-refractivity contribution in [3.05, 3.63) is 82.9 Å². The third kappa shape index (κ3) is 17.0. The lowest BCUT2D eigenvalue weighted by atomic mass is 9.85. The number of piperazine rings is 1. The van der Waals surface area contributed by atoms with Crippen molar-refractivity contribution >= 4 is 75.3 Å². The second-order valence-corrected chi connectivity index (χ2v) is 22.8. The van der Waals surface area contributed by atoms with E-state index in [9.17, 15) is 43.8 Å². The van der Waals surface area contributed by atoms with Crippen molar-refractivity contribution in [2.45, 2.75) is 105 Å². The van der Waals surface area contributed by atoms with Crippen molar-refractivity contribution < 1.29 is 48.3 Å². The molecule has 416 valence electrons. The van der Waals surface area contributed by atoms with Crippen molar-refractivity contribution in [2.75, 3.05) is 90.3 Å². The van der Waals surface area contributed by atoms with Crippen molar-refractivity contribution in [1.82, 2.24) is 15.5 Å². The summed E-state index contributed by atoms with van der Waals surface area (Å²) >= 11 is 0. The lowest BCUT2D eigenvalue weighted by Gasteiger charge is -2.34. The predicted octanol–water partition coefficient (Wildman–Crippen LogP) is 7.08. The van der Waals surface area contributed by atoms with Gasteiger partial charge >= 0.3 is 11.9 Å². The van der Waals surface area contributed by atoms with E-state index in [-0.39, 0.29) is 62.2 Å². The number of nitrogens with one attached hydrogen (secondary N) is 2. The van der Waals surface area contributed by atoms with Crippen LogP contribution >= 0.6 is 0 Å². The molecule has 3 aliphatic heterocycles. The summed E-state index contributed by atoms with van der Waals surface area (Å²) in [4.78, 5) is 107. The fourth-order valence-corrected chi connectivity index (χ4v) is 10.2. The first-order valence-corrected chi connectivity index (χ1v) is 27.6. The highest BCUT2D eigenvalue weighted by molar-refractivity contribution is 6.10. The largest absolute Gasteiger partial charge is 0.481 e. The van der Waals surface area contributed by atoms with Gasteiger partial charge in [0.1, 0.15) is 12.3 Å². The van der Waals surface area contributed by atoms with Gasteiger partial charge in [-0.3, -0.25) is 43.5 Å². The number of aliphatic imine (C=N–C) groups is 2. The Balaban J connectivity index is 0.931. The fraction of sp³-hybridized carbons (Fsp3) is 0.550. The number of carboxylic acids is 2. The van der Waals surface area contributed by atoms with Crippen LogP contribution in [0.4, 0.5) is 22.7 Å². The molecule has 2 amide bonds. The smallest absolute Gasteiger partial charge is 0.304 e. The van der Waals surface area contributed by atoms with Gasteiger partial charge in [0.25, 0.3) is 0 Å². The average Bonchev–Trinajstić information content (AvgIpc) is 4.04. The molecule has 3 aromatic rings. The summed E-state index contributed by atoms with van der Waals surface area (Å²) in [6, 6.07) is 20.5. The average molecular weight is 1060 g/mol. The number of Topliss-reactive ketones (excluding diaryl/α,β-unsaturated/α-hetero) is 3. The Bertz CT molecular complexity index is 2690. The summed E-state index contributed by atoms with van der Waals surface area (Å²) in [5.74, 6) is -7.34. The van der Waals surface area contributed by atoms with Crippen LogP contribution in [0.1, 0.15) is 108 Å². The van der Waals surface area contributed by atoms with E-state index in [2.05, 4.69) is 93.0 Å². The number of likely N-dealkylation sites (N-methyl/N-ethyl adjacent to an activating group) is 3. The third-order valence-corrected chi connectivity index (χ3v) is 15.9. The molecule has 3 aliphatic rings. The number of carboxylic acid groups (broad SMARTS) is 2. The number of hydrogen-bond acceptors (Lipinski definition) is 12. The van der Waals surface area contributed by atoms with Gasteiger partial charge in [-0.25, -0.2) is 0 Å². The van der Waals surface area contributed by atoms with Crippen LogP contribution in [0.15, 0.2) is 70.6 Å². The molecule has 17 nitrogen and oxygen atoms in total. The van der Waals surface area contributed by atoms with Gasteiger partial charge in [0.15, 0.2) is 11.6 Å². The molecule has 0 saturated carbocycles. The number of carbonyl (C=O) groups excluding carboxylic acids is 5. The summed E-state index contributed by atoms with van der Waals surface area (Å²) in [5.41, 5.74) is 11.2. The number of ketones is 3. The molecule has 3 heterocycles. The second-order valence-electron chi connectivity index (χ2n) is 22.8. The minimum Gasteiger partial charge on any atom is -0.481 e. The molecule has 5 atom stereocenters. The molecule has 6 rings (SSSR count). The topological polar surface area (TPSA) is 218 Å². The van der Waals surface area contributed by atoms with Crippen LogP contribution in [0.2, 0.25) is 0 Å². The number of benzene rings is 3. The van der Waals surface area contributed by atoms with Crippen molar-refractivity contribution in [3.63, 3.8) is 0 Å². The number of quaternary nitrogens is 1. The highest BCUT2D eigenvalue weighted by Gasteiger charge is 2.35. The van der Waals surface area contributed by atoms with Gasteiger partial charge < -0.3 is 40.0 Å². The summed E-state index contributed by atoms with van der Waals surface area (Å²) in [6.07, 6.45) is 0.839. The van der Waals surface area contributed by atoms with Crippen molar-refractivity contribution in [3.8, 4) is 0 Å². The summed E-state index contributed by atoms with van der Waals surface area (Å²) in [5, 5.41) is 24.5. The number of hydrogen-bond donors (Lipinski definition) is 4. The molecular formula is C60H83N8O9+. The Hall–Kier alpha value is -6.59. The standard InChI is InChI=1S/C60H82N8O9/c1-10-39(4)58(64-60(77)43(16-22-56(72)73)34-54(70)40(5)38(2)3)55(71)35-46(36-57(74)75)59(76)61-23-11-12-49(69)37-68(8,9)29-28-66(7)47-17-13-41(14-18-47)52-32-44-30-42(15-20-50(44)62-52)53-33-45-31-48(19-21-51(45)63-53)67-26-24-65(6)25-27-67/h13-15,17-21,30-31,38-40,43,46,58H,10-12,16,22-29,32-37H2,1-9H3,(H3-,61,64,72,73,74,75,76,77)/p+1/t39?,40-,43+,46-,58-/m0/s1. The number of nitrogens with zero attached hydrogens (tertiary/aromatic N) is 6. The molecule has 4 N–H and O–H groups in total. The van der Waals surface area contributed by atoms with Crippen LogP contribution in [0.3, 0.4) is 0 Å². The minimum atomic E-state index is -1.27. The number of amides is 2. The van der Waals surface area contributed by atoms with Crippen LogP contribution in [0, 0.1) is 29.6 Å². The van der Waals surface area contributed by atoms with Crippen LogP contribution < -0.4 is 20.4 Å². The number of rotatable bonds is 30. The van der Waals surface area contributed by atoms with Gasteiger partial charge in [0.2, 0.25) is 11.8 Å². The first kappa shape index (κ1) is 59.7. The maximum Gasteiger partial charge on any atom is 0.304 e. The van der Waals surface area contributed by atoms with E-state index < -0.39 is 66.2 Å². The molecule has 0 aliphatic carbocycles. The molecule has 3 aromatic carbocycles.